The number of hydrogen-bond acceptors (Lipinski definition) is 4. The van der Waals surface area contributed by atoms with Gasteiger partial charge < -0.3 is 10.4 Å². The fourth-order valence-electron chi connectivity index (χ4n) is 2.74. The highest BCUT2D eigenvalue weighted by Gasteiger charge is 2.26. The zero-order valence-corrected chi connectivity index (χ0v) is 11.0. The molecule has 21 heavy (non-hydrogen) atoms. The first-order chi connectivity index (χ1) is 10.1. The third kappa shape index (κ3) is 2.40. The fourth-order valence-corrected chi connectivity index (χ4v) is 2.74. The molecule has 0 aromatic heterocycles. The molecule has 2 aromatic rings. The molecule has 6 heteroatoms. The predicted molar refractivity (Wildman–Crippen MR) is 75.8 cm³/mol. The third-order valence-corrected chi connectivity index (χ3v) is 3.71. The molecule has 2 aromatic carbocycles. The summed E-state index contributed by atoms with van der Waals surface area (Å²) in [6.07, 6.45) is 1.44. The van der Waals surface area contributed by atoms with Crippen molar-refractivity contribution in [3.8, 4) is 5.75 Å². The predicted octanol–water partition coefficient (Wildman–Crippen LogP) is 3.54. The highest BCUT2D eigenvalue weighted by molar-refractivity contribution is 5.63. The second kappa shape index (κ2) is 5.05. The number of para-hydroxylation sites is 1. The Morgan fingerprint density at radius 3 is 2.90 bits per heavy atom. The molecule has 0 heterocycles. The van der Waals surface area contributed by atoms with Crippen LogP contribution in [0.2, 0.25) is 0 Å². The Morgan fingerprint density at radius 1 is 1.33 bits per heavy atom. The molecule has 108 valence electrons. The molecule has 3 rings (SSSR count). The van der Waals surface area contributed by atoms with Crippen LogP contribution in [0.5, 0.6) is 5.75 Å². The first kappa shape index (κ1) is 13.4. The van der Waals surface area contributed by atoms with E-state index >= 15 is 0 Å². The Kier molecular flexibility index (Phi) is 3.21. The molecule has 0 aliphatic heterocycles. The number of rotatable bonds is 3. The largest absolute Gasteiger partial charge is 0.508 e. The maximum absolute atomic E-state index is 13.9. The van der Waals surface area contributed by atoms with Gasteiger partial charge in [-0.2, -0.15) is 0 Å². The number of aryl methyl sites for hydroxylation is 1. The van der Waals surface area contributed by atoms with Crippen LogP contribution in [-0.2, 0) is 6.42 Å². The number of nitrogens with one attached hydrogen (secondary N) is 1. The minimum absolute atomic E-state index is 0.0894. The van der Waals surface area contributed by atoms with Crippen LogP contribution in [0.15, 0.2) is 36.4 Å². The molecule has 0 fully saturated rings. The van der Waals surface area contributed by atoms with Crippen molar-refractivity contribution in [1.82, 2.24) is 0 Å². The zero-order chi connectivity index (χ0) is 15.0. The van der Waals surface area contributed by atoms with E-state index in [-0.39, 0.29) is 23.2 Å². The molecule has 1 aliphatic rings. The summed E-state index contributed by atoms with van der Waals surface area (Å²) in [7, 11) is 0. The van der Waals surface area contributed by atoms with Gasteiger partial charge in [0.1, 0.15) is 11.4 Å². The van der Waals surface area contributed by atoms with Gasteiger partial charge in [-0.15, -0.1) is 0 Å². The SMILES string of the molecule is O=[N+]([O-])c1cccc(F)c1NC1CCc2cc(O)ccc21. The smallest absolute Gasteiger partial charge is 0.295 e. The minimum atomic E-state index is -0.642. The number of fused-ring (bicyclic) bond motifs is 1. The summed E-state index contributed by atoms with van der Waals surface area (Å²) in [5.41, 5.74) is 1.55. The lowest BCUT2D eigenvalue weighted by atomic mass is 10.1. The van der Waals surface area contributed by atoms with E-state index in [1.807, 2.05) is 0 Å². The molecule has 1 unspecified atom stereocenters. The molecule has 0 saturated carbocycles. The number of halogens is 1. The highest BCUT2D eigenvalue weighted by Crippen LogP contribution is 2.38. The van der Waals surface area contributed by atoms with Crippen molar-refractivity contribution in [3.63, 3.8) is 0 Å². The zero-order valence-electron chi connectivity index (χ0n) is 11.0. The van der Waals surface area contributed by atoms with Crippen molar-refractivity contribution < 1.29 is 14.4 Å². The summed E-state index contributed by atoms with van der Waals surface area (Å²) < 4.78 is 13.9. The molecule has 1 atom stereocenters. The van der Waals surface area contributed by atoms with Gasteiger partial charge in [0, 0.05) is 6.07 Å². The lowest BCUT2D eigenvalue weighted by Gasteiger charge is -2.16. The van der Waals surface area contributed by atoms with E-state index in [4.69, 9.17) is 0 Å². The first-order valence-electron chi connectivity index (χ1n) is 6.57. The van der Waals surface area contributed by atoms with Crippen molar-refractivity contribution in [2.24, 2.45) is 0 Å². The van der Waals surface area contributed by atoms with Crippen molar-refractivity contribution in [2.45, 2.75) is 18.9 Å². The monoisotopic (exact) mass is 288 g/mol. The van der Waals surface area contributed by atoms with Gasteiger partial charge in [0.2, 0.25) is 0 Å². The van der Waals surface area contributed by atoms with Crippen LogP contribution in [0.3, 0.4) is 0 Å². The van der Waals surface area contributed by atoms with Gasteiger partial charge >= 0.3 is 0 Å². The van der Waals surface area contributed by atoms with Crippen LogP contribution >= 0.6 is 0 Å². The summed E-state index contributed by atoms with van der Waals surface area (Å²) in [6.45, 7) is 0. The highest BCUT2D eigenvalue weighted by atomic mass is 19.1. The average molecular weight is 288 g/mol. The molecule has 0 bridgehead atoms. The molecule has 2 N–H and O–H groups in total. The Morgan fingerprint density at radius 2 is 2.14 bits per heavy atom. The number of benzene rings is 2. The molecule has 5 nitrogen and oxygen atoms in total. The van der Waals surface area contributed by atoms with Crippen LogP contribution in [0.25, 0.3) is 0 Å². The summed E-state index contributed by atoms with van der Waals surface area (Å²) in [5, 5.41) is 23.4. The minimum Gasteiger partial charge on any atom is -0.508 e. The van der Waals surface area contributed by atoms with Crippen molar-refractivity contribution in [1.29, 1.82) is 0 Å². The second-order valence-corrected chi connectivity index (χ2v) is 5.01. The number of hydrogen-bond donors (Lipinski definition) is 2. The van der Waals surface area contributed by atoms with E-state index in [1.165, 1.54) is 18.2 Å². The van der Waals surface area contributed by atoms with E-state index in [0.717, 1.165) is 17.5 Å². The van der Waals surface area contributed by atoms with Crippen molar-refractivity contribution in [3.05, 3.63) is 63.5 Å². The lowest BCUT2D eigenvalue weighted by molar-refractivity contribution is -0.384. The second-order valence-electron chi connectivity index (χ2n) is 5.01. The molecular weight excluding hydrogens is 275 g/mol. The van der Waals surface area contributed by atoms with Crippen LogP contribution in [0.4, 0.5) is 15.8 Å². The molecule has 0 saturated heterocycles. The number of nitrogens with zero attached hydrogens (tertiary/aromatic N) is 1. The van der Waals surface area contributed by atoms with Crippen LogP contribution < -0.4 is 5.32 Å². The van der Waals surface area contributed by atoms with E-state index in [9.17, 15) is 19.6 Å². The number of phenols is 1. The number of aromatic hydroxyl groups is 1. The quantitative estimate of drug-likeness (QED) is 0.669. The number of nitro groups is 1. The lowest BCUT2D eigenvalue weighted by Crippen LogP contribution is -2.10. The Labute approximate surface area is 120 Å². The topological polar surface area (TPSA) is 75.4 Å². The third-order valence-electron chi connectivity index (χ3n) is 3.71. The normalized spacial score (nSPS) is 16.5. The number of anilines is 1. The summed E-state index contributed by atoms with van der Waals surface area (Å²) in [5.74, 6) is -0.456. The van der Waals surface area contributed by atoms with Gasteiger partial charge in [-0.05, 0) is 42.2 Å². The van der Waals surface area contributed by atoms with Gasteiger partial charge in [0.15, 0.2) is 5.82 Å². The van der Waals surface area contributed by atoms with Crippen molar-refractivity contribution in [2.75, 3.05) is 5.32 Å². The Hall–Kier alpha value is -2.63. The average Bonchev–Trinajstić information content (AvgIpc) is 2.83. The van der Waals surface area contributed by atoms with Gasteiger partial charge in [0.05, 0.1) is 11.0 Å². The van der Waals surface area contributed by atoms with Crippen LogP contribution in [0, 0.1) is 15.9 Å². The molecule has 0 amide bonds. The molecular formula is C15H13FN2O3. The van der Waals surface area contributed by atoms with Gasteiger partial charge in [0.25, 0.3) is 5.69 Å². The van der Waals surface area contributed by atoms with Gasteiger partial charge in [-0.3, -0.25) is 10.1 Å². The molecule has 0 spiro atoms. The molecule has 1 aliphatic carbocycles. The first-order valence-corrected chi connectivity index (χ1v) is 6.57. The number of nitro benzene ring substituents is 1. The Balaban J connectivity index is 1.95. The Bertz CT molecular complexity index is 718. The van der Waals surface area contributed by atoms with Gasteiger partial charge in [-0.1, -0.05) is 12.1 Å². The maximum Gasteiger partial charge on any atom is 0.295 e. The van der Waals surface area contributed by atoms with E-state index < -0.39 is 10.7 Å². The fraction of sp³-hybridized carbons (Fsp3) is 0.200. The van der Waals surface area contributed by atoms with Crippen LogP contribution in [0.1, 0.15) is 23.6 Å². The summed E-state index contributed by atoms with van der Waals surface area (Å²) >= 11 is 0. The molecule has 0 radical (unpaired) electrons. The van der Waals surface area contributed by atoms with E-state index in [0.29, 0.717) is 6.42 Å². The van der Waals surface area contributed by atoms with Gasteiger partial charge in [-0.25, -0.2) is 4.39 Å². The van der Waals surface area contributed by atoms with E-state index in [2.05, 4.69) is 5.32 Å². The van der Waals surface area contributed by atoms with E-state index in [1.54, 1.807) is 18.2 Å². The van der Waals surface area contributed by atoms with Crippen molar-refractivity contribution >= 4 is 11.4 Å². The number of phenolic OH excluding ortho intramolecular Hbond substituents is 1. The standard InChI is InChI=1S/C15H13FN2O3/c16-12-2-1-3-14(18(20)21)15(12)17-13-7-4-9-8-10(19)5-6-11(9)13/h1-3,5-6,8,13,17,19H,4,7H2. The summed E-state index contributed by atoms with van der Waals surface area (Å²) in [4.78, 5) is 10.4. The summed E-state index contributed by atoms with van der Waals surface area (Å²) in [6, 6.07) is 8.60. The maximum atomic E-state index is 13.9. The van der Waals surface area contributed by atoms with Crippen LogP contribution in [-0.4, -0.2) is 10.0 Å².